The van der Waals surface area contributed by atoms with Crippen LogP contribution in [-0.4, -0.2) is 10.9 Å². The van der Waals surface area contributed by atoms with Gasteiger partial charge in [0.05, 0.1) is 12.1 Å². The Hall–Kier alpha value is -1.63. The fourth-order valence-corrected chi connectivity index (χ4v) is 4.37. The van der Waals surface area contributed by atoms with E-state index in [-0.39, 0.29) is 5.91 Å². The van der Waals surface area contributed by atoms with E-state index < -0.39 is 0 Å². The maximum atomic E-state index is 12.1. The van der Waals surface area contributed by atoms with Crippen molar-refractivity contribution in [2.24, 2.45) is 0 Å². The Bertz CT molecular complexity index is 821. The number of thiazole rings is 1. The van der Waals surface area contributed by atoms with Crippen LogP contribution in [0.25, 0.3) is 0 Å². The van der Waals surface area contributed by atoms with E-state index in [1.165, 1.54) is 16.2 Å². The highest BCUT2D eigenvalue weighted by molar-refractivity contribution is 9.10. The molecule has 3 rings (SSSR count). The molecule has 0 spiro atoms. The molecule has 0 bridgehead atoms. The summed E-state index contributed by atoms with van der Waals surface area (Å²) in [7, 11) is 0. The van der Waals surface area contributed by atoms with Crippen LogP contribution < -0.4 is 5.32 Å². The number of thioether (sulfide) groups is 1. The molecule has 0 saturated carbocycles. The van der Waals surface area contributed by atoms with E-state index in [1.807, 2.05) is 47.8 Å². The summed E-state index contributed by atoms with van der Waals surface area (Å²) in [6.45, 7) is 0. The summed E-state index contributed by atoms with van der Waals surface area (Å²) in [6, 6.07) is 17.7. The number of hydrogen-bond acceptors (Lipinski definition) is 4. The summed E-state index contributed by atoms with van der Waals surface area (Å²) < 4.78 is 1.07. The SMILES string of the molecule is O=C(Cc1nc(CSc2cccc(Br)c2)cs1)Nc1ccccc1. The third-order valence-electron chi connectivity index (χ3n) is 3.15. The van der Waals surface area contributed by atoms with Crippen molar-refractivity contribution in [2.75, 3.05) is 5.32 Å². The van der Waals surface area contributed by atoms with Crippen molar-refractivity contribution in [3.05, 3.63) is 75.2 Å². The lowest BCUT2D eigenvalue weighted by Gasteiger charge is -2.03. The fraction of sp³-hybridized carbons (Fsp3) is 0.111. The van der Waals surface area contributed by atoms with Crippen LogP contribution in [0.4, 0.5) is 5.69 Å². The van der Waals surface area contributed by atoms with Gasteiger partial charge in [0.1, 0.15) is 5.01 Å². The maximum absolute atomic E-state index is 12.1. The molecule has 0 aliphatic rings. The van der Waals surface area contributed by atoms with Gasteiger partial charge in [-0.05, 0) is 30.3 Å². The van der Waals surface area contributed by atoms with Gasteiger partial charge in [0.15, 0.2) is 0 Å². The molecule has 3 aromatic rings. The Kier molecular flexibility index (Phi) is 6.07. The minimum absolute atomic E-state index is 0.0401. The quantitative estimate of drug-likeness (QED) is 0.546. The van der Waals surface area contributed by atoms with Gasteiger partial charge in [-0.25, -0.2) is 4.98 Å². The Morgan fingerprint density at radius 2 is 2.00 bits per heavy atom. The number of halogens is 1. The molecule has 0 fully saturated rings. The van der Waals surface area contributed by atoms with Crippen LogP contribution in [0.15, 0.2) is 69.3 Å². The number of rotatable bonds is 6. The van der Waals surface area contributed by atoms with Crippen LogP contribution in [0.3, 0.4) is 0 Å². The van der Waals surface area contributed by atoms with E-state index in [1.54, 1.807) is 11.8 Å². The zero-order chi connectivity index (χ0) is 16.8. The van der Waals surface area contributed by atoms with Crippen LogP contribution in [0.1, 0.15) is 10.7 Å². The third-order valence-corrected chi connectivity index (χ3v) is 5.57. The Morgan fingerprint density at radius 3 is 2.79 bits per heavy atom. The number of anilines is 1. The zero-order valence-corrected chi connectivity index (χ0v) is 16.0. The molecule has 0 saturated heterocycles. The lowest BCUT2D eigenvalue weighted by atomic mass is 10.3. The van der Waals surface area contributed by atoms with Crippen LogP contribution in [0.5, 0.6) is 0 Å². The summed E-state index contributed by atoms with van der Waals surface area (Å²) in [5.41, 5.74) is 1.82. The first-order valence-electron chi connectivity index (χ1n) is 7.35. The molecule has 1 amide bonds. The normalized spacial score (nSPS) is 10.5. The van der Waals surface area contributed by atoms with Gasteiger partial charge in [-0.3, -0.25) is 4.79 Å². The highest BCUT2D eigenvalue weighted by Crippen LogP contribution is 2.26. The van der Waals surface area contributed by atoms with Crippen molar-refractivity contribution in [2.45, 2.75) is 17.1 Å². The van der Waals surface area contributed by atoms with E-state index >= 15 is 0 Å². The van der Waals surface area contributed by atoms with Crippen LogP contribution >= 0.6 is 39.0 Å². The predicted molar refractivity (Wildman–Crippen MR) is 105 cm³/mol. The standard InChI is InChI=1S/C18H15BrN2OS2/c19-13-5-4-8-16(9-13)23-11-15-12-24-18(21-15)10-17(22)20-14-6-2-1-3-7-14/h1-9,12H,10-11H2,(H,20,22). The molecule has 0 atom stereocenters. The fourth-order valence-electron chi connectivity index (χ4n) is 2.07. The molecule has 0 unspecified atom stereocenters. The van der Waals surface area contributed by atoms with Crippen molar-refractivity contribution in [3.63, 3.8) is 0 Å². The van der Waals surface area contributed by atoms with Crippen molar-refractivity contribution >= 4 is 50.6 Å². The van der Waals surface area contributed by atoms with Gasteiger partial charge in [-0.15, -0.1) is 23.1 Å². The molecule has 3 nitrogen and oxygen atoms in total. The van der Waals surface area contributed by atoms with Crippen molar-refractivity contribution in [1.29, 1.82) is 0 Å². The zero-order valence-electron chi connectivity index (χ0n) is 12.7. The van der Waals surface area contributed by atoms with Gasteiger partial charge in [-0.1, -0.05) is 40.2 Å². The molecule has 0 aliphatic carbocycles. The lowest BCUT2D eigenvalue weighted by Crippen LogP contribution is -2.14. The molecule has 24 heavy (non-hydrogen) atoms. The Balaban J connectivity index is 1.52. The summed E-state index contributed by atoms with van der Waals surface area (Å²) >= 11 is 6.74. The number of carbonyl (C=O) groups excluding carboxylic acids is 1. The second-order valence-corrected chi connectivity index (χ2v) is 7.98. The van der Waals surface area contributed by atoms with Gasteiger partial charge in [0, 0.05) is 26.2 Å². The first-order valence-corrected chi connectivity index (χ1v) is 10.0. The first kappa shape index (κ1) is 17.2. The summed E-state index contributed by atoms with van der Waals surface area (Å²) in [5, 5.41) is 5.75. The minimum Gasteiger partial charge on any atom is -0.326 e. The number of carbonyl (C=O) groups is 1. The Morgan fingerprint density at radius 1 is 1.17 bits per heavy atom. The number of nitrogens with one attached hydrogen (secondary N) is 1. The van der Waals surface area contributed by atoms with Crippen LogP contribution in [0, 0.1) is 0 Å². The second kappa shape index (κ2) is 8.46. The summed E-state index contributed by atoms with van der Waals surface area (Å²) in [5.74, 6) is 0.759. The van der Waals surface area contributed by atoms with Gasteiger partial charge >= 0.3 is 0 Å². The monoisotopic (exact) mass is 418 g/mol. The van der Waals surface area contributed by atoms with Gasteiger partial charge in [0.2, 0.25) is 5.91 Å². The second-order valence-electron chi connectivity index (χ2n) is 5.07. The molecule has 1 N–H and O–H groups in total. The van der Waals surface area contributed by atoms with Crippen LogP contribution in [-0.2, 0) is 17.0 Å². The summed E-state index contributed by atoms with van der Waals surface area (Å²) in [4.78, 5) is 17.8. The maximum Gasteiger partial charge on any atom is 0.231 e. The Labute approximate surface area is 157 Å². The lowest BCUT2D eigenvalue weighted by molar-refractivity contribution is -0.115. The third kappa shape index (κ3) is 5.19. The molecule has 6 heteroatoms. The topological polar surface area (TPSA) is 42.0 Å². The smallest absolute Gasteiger partial charge is 0.231 e. The number of benzene rings is 2. The van der Waals surface area contributed by atoms with Gasteiger partial charge in [0.25, 0.3) is 0 Å². The molecular weight excluding hydrogens is 404 g/mol. The average molecular weight is 419 g/mol. The first-order chi connectivity index (χ1) is 11.7. The highest BCUT2D eigenvalue weighted by atomic mass is 79.9. The van der Waals surface area contributed by atoms with Crippen LogP contribution in [0.2, 0.25) is 0 Å². The molecule has 1 aromatic heterocycles. The minimum atomic E-state index is -0.0401. The molecular formula is C18H15BrN2OS2. The van der Waals surface area contributed by atoms with Gasteiger partial charge in [-0.2, -0.15) is 0 Å². The molecule has 2 aromatic carbocycles. The molecule has 0 aliphatic heterocycles. The average Bonchev–Trinajstić information content (AvgIpc) is 3.01. The number of aromatic nitrogens is 1. The predicted octanol–water partition coefficient (Wildman–Crippen LogP) is 5.38. The molecule has 122 valence electrons. The van der Waals surface area contributed by atoms with E-state index in [0.29, 0.717) is 6.42 Å². The van der Waals surface area contributed by atoms with Crippen molar-refractivity contribution in [3.8, 4) is 0 Å². The number of para-hydroxylation sites is 1. The van der Waals surface area contributed by atoms with Gasteiger partial charge < -0.3 is 5.32 Å². The van der Waals surface area contributed by atoms with Crippen molar-refractivity contribution in [1.82, 2.24) is 4.98 Å². The largest absolute Gasteiger partial charge is 0.326 e. The van der Waals surface area contributed by atoms with E-state index in [9.17, 15) is 4.79 Å². The van der Waals surface area contributed by atoms with Crippen molar-refractivity contribution < 1.29 is 4.79 Å². The van der Waals surface area contributed by atoms with E-state index in [0.717, 1.165) is 26.6 Å². The number of nitrogens with zero attached hydrogens (tertiary/aromatic N) is 1. The number of hydrogen-bond donors (Lipinski definition) is 1. The molecule has 1 heterocycles. The number of amides is 1. The highest BCUT2D eigenvalue weighted by Gasteiger charge is 2.09. The van der Waals surface area contributed by atoms with E-state index in [4.69, 9.17) is 0 Å². The molecule has 0 radical (unpaired) electrons. The van der Waals surface area contributed by atoms with E-state index in [2.05, 4.69) is 38.4 Å². The summed E-state index contributed by atoms with van der Waals surface area (Å²) in [6.07, 6.45) is 0.307.